The van der Waals surface area contributed by atoms with Crippen molar-refractivity contribution in [1.29, 1.82) is 0 Å². The van der Waals surface area contributed by atoms with Crippen LogP contribution in [-0.4, -0.2) is 23.1 Å². The van der Waals surface area contributed by atoms with Crippen LogP contribution in [0.25, 0.3) is 0 Å². The van der Waals surface area contributed by atoms with E-state index in [4.69, 9.17) is 5.73 Å². The van der Waals surface area contributed by atoms with Crippen molar-refractivity contribution in [2.24, 2.45) is 5.73 Å². The van der Waals surface area contributed by atoms with Gasteiger partial charge in [-0.3, -0.25) is 4.79 Å². The standard InChI is InChI=1S/C10H16N2O2S/c1-10(2,9(11)14)12-6-7(13)8-4-3-5-15-8/h3-5,7,12-13H,6H2,1-2H3,(H2,11,14). The lowest BCUT2D eigenvalue weighted by atomic mass is 10.0. The van der Waals surface area contributed by atoms with Crippen molar-refractivity contribution in [3.63, 3.8) is 0 Å². The molecule has 4 nitrogen and oxygen atoms in total. The second-order valence-corrected chi connectivity index (χ2v) is 4.88. The first kappa shape index (κ1) is 12.2. The van der Waals surface area contributed by atoms with Crippen LogP contribution < -0.4 is 11.1 Å². The van der Waals surface area contributed by atoms with Gasteiger partial charge in [-0.2, -0.15) is 0 Å². The number of primary amides is 1. The lowest BCUT2D eigenvalue weighted by Gasteiger charge is -2.23. The Morgan fingerprint density at radius 2 is 2.40 bits per heavy atom. The van der Waals surface area contributed by atoms with Gasteiger partial charge in [0.05, 0.1) is 5.54 Å². The van der Waals surface area contributed by atoms with Gasteiger partial charge in [0.15, 0.2) is 0 Å². The first-order chi connectivity index (χ1) is 6.93. The molecule has 0 saturated carbocycles. The summed E-state index contributed by atoms with van der Waals surface area (Å²) in [4.78, 5) is 11.9. The Morgan fingerprint density at radius 1 is 1.73 bits per heavy atom. The monoisotopic (exact) mass is 228 g/mol. The molecular formula is C10H16N2O2S. The third-order valence-corrected chi connectivity index (χ3v) is 3.20. The van der Waals surface area contributed by atoms with E-state index in [1.54, 1.807) is 13.8 Å². The molecule has 0 aliphatic carbocycles. The molecule has 1 aromatic rings. The SMILES string of the molecule is CC(C)(NCC(O)c1cccs1)C(N)=O. The minimum absolute atomic E-state index is 0.316. The van der Waals surface area contributed by atoms with Gasteiger partial charge in [0, 0.05) is 11.4 Å². The summed E-state index contributed by atoms with van der Waals surface area (Å²) in [7, 11) is 0. The van der Waals surface area contributed by atoms with Crippen LogP contribution in [0.15, 0.2) is 17.5 Å². The molecule has 0 radical (unpaired) electrons. The van der Waals surface area contributed by atoms with E-state index in [-0.39, 0.29) is 0 Å². The van der Waals surface area contributed by atoms with Gasteiger partial charge >= 0.3 is 0 Å². The van der Waals surface area contributed by atoms with Gasteiger partial charge in [0.25, 0.3) is 0 Å². The number of rotatable bonds is 5. The van der Waals surface area contributed by atoms with Crippen LogP contribution in [0.3, 0.4) is 0 Å². The summed E-state index contributed by atoms with van der Waals surface area (Å²) >= 11 is 1.48. The third-order valence-electron chi connectivity index (χ3n) is 2.22. The molecule has 0 saturated heterocycles. The van der Waals surface area contributed by atoms with Crippen LogP contribution in [0.2, 0.25) is 0 Å². The number of nitrogens with one attached hydrogen (secondary N) is 1. The first-order valence-electron chi connectivity index (χ1n) is 4.70. The molecule has 1 rings (SSSR count). The van der Waals surface area contributed by atoms with Crippen molar-refractivity contribution in [2.75, 3.05) is 6.54 Å². The van der Waals surface area contributed by atoms with Crippen LogP contribution in [0.1, 0.15) is 24.8 Å². The quantitative estimate of drug-likeness (QED) is 0.692. The molecular weight excluding hydrogens is 212 g/mol. The van der Waals surface area contributed by atoms with E-state index in [2.05, 4.69) is 5.32 Å². The van der Waals surface area contributed by atoms with Gasteiger partial charge in [-0.25, -0.2) is 0 Å². The number of carbonyl (C=O) groups excluding carboxylic acids is 1. The smallest absolute Gasteiger partial charge is 0.237 e. The van der Waals surface area contributed by atoms with Crippen molar-refractivity contribution in [3.8, 4) is 0 Å². The average Bonchev–Trinajstić information content (AvgIpc) is 2.66. The molecule has 1 atom stereocenters. The van der Waals surface area contributed by atoms with E-state index in [0.717, 1.165) is 4.88 Å². The average molecular weight is 228 g/mol. The zero-order valence-electron chi connectivity index (χ0n) is 8.86. The molecule has 0 aromatic carbocycles. The second-order valence-electron chi connectivity index (χ2n) is 3.90. The van der Waals surface area contributed by atoms with E-state index in [9.17, 15) is 9.90 Å². The fourth-order valence-corrected chi connectivity index (χ4v) is 1.73. The number of aliphatic hydroxyl groups is 1. The fraction of sp³-hybridized carbons (Fsp3) is 0.500. The number of aliphatic hydroxyl groups excluding tert-OH is 1. The predicted octanol–water partition coefficient (Wildman–Crippen LogP) is 0.635. The highest BCUT2D eigenvalue weighted by molar-refractivity contribution is 7.10. The molecule has 0 fully saturated rings. The second kappa shape index (κ2) is 4.74. The highest BCUT2D eigenvalue weighted by atomic mass is 32.1. The van der Waals surface area contributed by atoms with Crippen LogP contribution in [0.5, 0.6) is 0 Å². The topological polar surface area (TPSA) is 75.3 Å². The number of hydrogen-bond acceptors (Lipinski definition) is 4. The van der Waals surface area contributed by atoms with Gasteiger partial charge in [0.2, 0.25) is 5.91 Å². The fourth-order valence-electron chi connectivity index (χ4n) is 1.02. The molecule has 1 amide bonds. The van der Waals surface area contributed by atoms with Crippen molar-refractivity contribution in [2.45, 2.75) is 25.5 Å². The summed E-state index contributed by atoms with van der Waals surface area (Å²) < 4.78 is 0. The Kier molecular flexibility index (Phi) is 3.84. The Balaban J connectivity index is 2.47. The molecule has 0 aliphatic rings. The molecule has 0 spiro atoms. The van der Waals surface area contributed by atoms with Crippen LogP contribution in [0.4, 0.5) is 0 Å². The largest absolute Gasteiger partial charge is 0.386 e. The molecule has 1 aromatic heterocycles. The summed E-state index contributed by atoms with van der Waals surface area (Å²) in [6, 6.07) is 3.73. The van der Waals surface area contributed by atoms with Crippen molar-refractivity contribution in [3.05, 3.63) is 22.4 Å². The number of thiophene rings is 1. The first-order valence-corrected chi connectivity index (χ1v) is 5.58. The molecule has 5 heteroatoms. The zero-order chi connectivity index (χ0) is 11.5. The van der Waals surface area contributed by atoms with Gasteiger partial charge < -0.3 is 16.2 Å². The Labute approximate surface area is 93.1 Å². The highest BCUT2D eigenvalue weighted by Gasteiger charge is 2.25. The van der Waals surface area contributed by atoms with Crippen molar-refractivity contribution >= 4 is 17.2 Å². The number of amides is 1. The van der Waals surface area contributed by atoms with E-state index in [0.29, 0.717) is 6.54 Å². The van der Waals surface area contributed by atoms with E-state index in [1.807, 2.05) is 17.5 Å². The van der Waals surface area contributed by atoms with Crippen molar-refractivity contribution < 1.29 is 9.90 Å². The maximum atomic E-state index is 11.0. The summed E-state index contributed by atoms with van der Waals surface area (Å²) in [5, 5.41) is 14.6. The lowest BCUT2D eigenvalue weighted by Crippen LogP contribution is -2.51. The van der Waals surface area contributed by atoms with Crippen molar-refractivity contribution in [1.82, 2.24) is 5.32 Å². The summed E-state index contributed by atoms with van der Waals surface area (Å²) in [6.07, 6.45) is -0.594. The van der Waals surface area contributed by atoms with E-state index in [1.165, 1.54) is 11.3 Å². The van der Waals surface area contributed by atoms with Crippen LogP contribution in [-0.2, 0) is 4.79 Å². The Hall–Kier alpha value is -0.910. The minimum atomic E-state index is -0.793. The van der Waals surface area contributed by atoms with Gasteiger partial charge in [0.1, 0.15) is 6.10 Å². The zero-order valence-corrected chi connectivity index (χ0v) is 9.67. The Bertz CT molecular complexity index is 322. The molecule has 84 valence electrons. The molecule has 1 heterocycles. The van der Waals surface area contributed by atoms with Crippen LogP contribution >= 0.6 is 11.3 Å². The lowest BCUT2D eigenvalue weighted by molar-refractivity contribution is -0.123. The van der Waals surface area contributed by atoms with Gasteiger partial charge in [-0.15, -0.1) is 11.3 Å². The number of β-amino-alcohol motifs (C(OH)–C–C–N with tert-alkyl or cyclic N) is 1. The molecule has 1 unspecified atom stereocenters. The van der Waals surface area contributed by atoms with Gasteiger partial charge in [-0.05, 0) is 25.3 Å². The maximum Gasteiger partial charge on any atom is 0.237 e. The highest BCUT2D eigenvalue weighted by Crippen LogP contribution is 2.18. The predicted molar refractivity (Wildman–Crippen MR) is 60.6 cm³/mol. The summed E-state index contributed by atoms with van der Waals surface area (Å²) in [5.41, 5.74) is 4.40. The van der Waals surface area contributed by atoms with E-state index < -0.39 is 17.6 Å². The van der Waals surface area contributed by atoms with E-state index >= 15 is 0 Å². The number of nitrogens with two attached hydrogens (primary N) is 1. The molecule has 0 bridgehead atoms. The van der Waals surface area contributed by atoms with Crippen LogP contribution in [0, 0.1) is 0 Å². The number of carbonyl (C=O) groups is 1. The summed E-state index contributed by atoms with van der Waals surface area (Å²) in [6.45, 7) is 3.70. The third kappa shape index (κ3) is 3.30. The molecule has 4 N–H and O–H groups in total. The summed E-state index contributed by atoms with van der Waals surface area (Å²) in [5.74, 6) is -0.430. The normalized spacial score (nSPS) is 13.8. The Morgan fingerprint density at radius 3 is 2.87 bits per heavy atom. The molecule has 15 heavy (non-hydrogen) atoms. The number of hydrogen-bond donors (Lipinski definition) is 3. The minimum Gasteiger partial charge on any atom is -0.386 e. The van der Waals surface area contributed by atoms with Gasteiger partial charge in [-0.1, -0.05) is 6.07 Å². The molecule has 0 aliphatic heterocycles. The maximum absolute atomic E-state index is 11.0.